The summed E-state index contributed by atoms with van der Waals surface area (Å²) in [4.78, 5) is 25.5. The molecule has 0 radical (unpaired) electrons. The van der Waals surface area contributed by atoms with Crippen molar-refractivity contribution in [2.75, 3.05) is 0 Å². The zero-order valence-corrected chi connectivity index (χ0v) is 21.3. The molecule has 2 N–H and O–H groups in total. The minimum absolute atomic E-state index is 0.132. The van der Waals surface area contributed by atoms with Crippen molar-refractivity contribution in [3.8, 4) is 0 Å². The maximum Gasteiger partial charge on any atom is 0.262 e. The Labute approximate surface area is 216 Å². The van der Waals surface area contributed by atoms with Gasteiger partial charge in [-0.2, -0.15) is 5.10 Å². The highest BCUT2D eigenvalue weighted by molar-refractivity contribution is 6.30. The molecular weight excluding hydrogens is 472 g/mol. The van der Waals surface area contributed by atoms with Crippen molar-refractivity contribution < 1.29 is 9.59 Å². The summed E-state index contributed by atoms with van der Waals surface area (Å²) in [5.41, 5.74) is 7.44. The monoisotopic (exact) mass is 500 g/mol. The van der Waals surface area contributed by atoms with Crippen molar-refractivity contribution >= 4 is 40.5 Å². The van der Waals surface area contributed by atoms with E-state index in [0.717, 1.165) is 23.0 Å². The summed E-state index contributed by atoms with van der Waals surface area (Å²) in [5, 5.41) is 8.59. The van der Waals surface area contributed by atoms with Gasteiger partial charge in [-0.15, -0.1) is 0 Å². The van der Waals surface area contributed by atoms with E-state index in [-0.39, 0.29) is 17.7 Å². The third-order valence-corrected chi connectivity index (χ3v) is 6.23. The van der Waals surface area contributed by atoms with E-state index in [2.05, 4.69) is 57.7 Å². The number of halogens is 1. The molecule has 0 fully saturated rings. The topological polar surface area (TPSA) is 75.5 Å². The lowest BCUT2D eigenvalue weighted by molar-refractivity contribution is -0.123. The third kappa shape index (κ3) is 6.01. The number of fused-ring (bicyclic) bond motifs is 1. The van der Waals surface area contributed by atoms with Gasteiger partial charge in [0.1, 0.15) is 6.04 Å². The molecule has 0 saturated carbocycles. The van der Waals surface area contributed by atoms with Crippen LogP contribution in [0.25, 0.3) is 10.9 Å². The van der Waals surface area contributed by atoms with Crippen LogP contribution in [0.2, 0.25) is 5.02 Å². The number of benzene rings is 3. The molecule has 0 spiro atoms. The van der Waals surface area contributed by atoms with Crippen LogP contribution >= 0.6 is 11.6 Å². The second-order valence-corrected chi connectivity index (χ2v) is 9.59. The van der Waals surface area contributed by atoms with E-state index in [9.17, 15) is 9.59 Å². The predicted molar refractivity (Wildman–Crippen MR) is 145 cm³/mol. The Balaban J connectivity index is 1.48. The molecule has 0 aliphatic heterocycles. The zero-order chi connectivity index (χ0) is 25.7. The average Bonchev–Trinajstić information content (AvgIpc) is 3.20. The van der Waals surface area contributed by atoms with E-state index in [1.54, 1.807) is 30.5 Å². The molecule has 3 aromatic carbocycles. The first-order valence-electron chi connectivity index (χ1n) is 11.8. The number of nitrogens with one attached hydrogen (secondary N) is 2. The SMILES string of the molecule is Cc1cccc(Cn2cc(C=NNC(=O)C(NC(=O)c3ccc(Cl)cc3)C(C)C)c3ccccc32)c1. The van der Waals surface area contributed by atoms with Crippen LogP contribution < -0.4 is 10.7 Å². The van der Waals surface area contributed by atoms with Gasteiger partial charge in [0, 0.05) is 39.8 Å². The Morgan fingerprint density at radius 3 is 2.50 bits per heavy atom. The van der Waals surface area contributed by atoms with E-state index in [4.69, 9.17) is 11.6 Å². The molecule has 0 aliphatic rings. The average molecular weight is 501 g/mol. The summed E-state index contributed by atoms with van der Waals surface area (Å²) in [5.74, 6) is -0.858. The highest BCUT2D eigenvalue weighted by atomic mass is 35.5. The number of rotatable bonds is 8. The number of carbonyl (C=O) groups is 2. The molecule has 1 atom stereocenters. The largest absolute Gasteiger partial charge is 0.342 e. The van der Waals surface area contributed by atoms with Crippen LogP contribution in [0, 0.1) is 12.8 Å². The lowest BCUT2D eigenvalue weighted by Crippen LogP contribution is -2.48. The summed E-state index contributed by atoms with van der Waals surface area (Å²) >= 11 is 5.90. The summed E-state index contributed by atoms with van der Waals surface area (Å²) in [6.45, 7) is 6.55. The molecular formula is C29H29ClN4O2. The highest BCUT2D eigenvalue weighted by Gasteiger charge is 2.24. The summed E-state index contributed by atoms with van der Waals surface area (Å²) < 4.78 is 2.18. The molecule has 1 heterocycles. The second-order valence-electron chi connectivity index (χ2n) is 9.15. The maximum absolute atomic E-state index is 12.9. The number of aryl methyl sites for hydroxylation is 1. The molecule has 1 unspecified atom stereocenters. The van der Waals surface area contributed by atoms with Crippen LogP contribution in [0.5, 0.6) is 0 Å². The Morgan fingerprint density at radius 2 is 1.78 bits per heavy atom. The van der Waals surface area contributed by atoms with Crippen LogP contribution in [0.15, 0.2) is 84.1 Å². The first-order chi connectivity index (χ1) is 17.3. The van der Waals surface area contributed by atoms with Crippen LogP contribution in [0.1, 0.15) is 40.9 Å². The molecule has 1 aromatic heterocycles. The second kappa shape index (κ2) is 11.2. The lowest BCUT2D eigenvalue weighted by atomic mass is 10.0. The van der Waals surface area contributed by atoms with Crippen LogP contribution in [-0.2, 0) is 11.3 Å². The van der Waals surface area contributed by atoms with Crippen molar-refractivity contribution in [1.29, 1.82) is 0 Å². The van der Waals surface area contributed by atoms with E-state index >= 15 is 0 Å². The van der Waals surface area contributed by atoms with E-state index in [1.165, 1.54) is 11.1 Å². The van der Waals surface area contributed by atoms with Gasteiger partial charge in [0.25, 0.3) is 11.8 Å². The number of hydrogen-bond acceptors (Lipinski definition) is 3. The standard InChI is InChI=1S/C29H29ClN4O2/c1-19(2)27(32-28(35)22-11-13-24(30)14-12-22)29(36)33-31-16-23-18-34(26-10-5-4-9-25(23)26)17-21-8-6-7-20(3)15-21/h4-16,18-19,27H,17H2,1-3H3,(H,32,35)(H,33,36). The zero-order valence-electron chi connectivity index (χ0n) is 20.5. The van der Waals surface area contributed by atoms with Crippen molar-refractivity contribution in [2.45, 2.75) is 33.4 Å². The van der Waals surface area contributed by atoms with E-state index < -0.39 is 6.04 Å². The smallest absolute Gasteiger partial charge is 0.262 e. The summed E-state index contributed by atoms with van der Waals surface area (Å²) in [6, 6.07) is 22.3. The number of carbonyl (C=O) groups excluding carboxylic acids is 2. The van der Waals surface area contributed by atoms with E-state index in [0.29, 0.717) is 10.6 Å². The van der Waals surface area contributed by atoms with Crippen LogP contribution in [0.3, 0.4) is 0 Å². The minimum Gasteiger partial charge on any atom is -0.342 e. The van der Waals surface area contributed by atoms with E-state index in [1.807, 2.05) is 38.2 Å². The quantitative estimate of drug-likeness (QED) is 0.245. The Kier molecular flexibility index (Phi) is 7.86. The highest BCUT2D eigenvalue weighted by Crippen LogP contribution is 2.21. The Morgan fingerprint density at radius 1 is 1.03 bits per heavy atom. The third-order valence-electron chi connectivity index (χ3n) is 5.98. The molecule has 2 amide bonds. The predicted octanol–water partition coefficient (Wildman–Crippen LogP) is 5.56. The lowest BCUT2D eigenvalue weighted by Gasteiger charge is -2.20. The summed E-state index contributed by atoms with van der Waals surface area (Å²) in [6.07, 6.45) is 3.68. The van der Waals surface area contributed by atoms with Gasteiger partial charge in [-0.1, -0.05) is 73.5 Å². The molecule has 6 nitrogen and oxygen atoms in total. The Bertz CT molecular complexity index is 1410. The van der Waals surface area contributed by atoms with Gasteiger partial charge >= 0.3 is 0 Å². The number of aromatic nitrogens is 1. The van der Waals surface area contributed by atoms with Crippen molar-refractivity contribution in [2.24, 2.45) is 11.0 Å². The molecule has 36 heavy (non-hydrogen) atoms. The van der Waals surface area contributed by atoms with Gasteiger partial charge in [-0.3, -0.25) is 9.59 Å². The fraction of sp³-hybridized carbons (Fsp3) is 0.207. The van der Waals surface area contributed by atoms with Crippen molar-refractivity contribution in [3.05, 3.63) is 106 Å². The molecule has 0 saturated heterocycles. The molecule has 4 aromatic rings. The van der Waals surface area contributed by atoms with Crippen molar-refractivity contribution in [3.63, 3.8) is 0 Å². The molecule has 4 rings (SSSR count). The first kappa shape index (κ1) is 25.2. The number of amides is 2. The van der Waals surface area contributed by atoms with Gasteiger partial charge < -0.3 is 9.88 Å². The molecule has 0 aliphatic carbocycles. The van der Waals surface area contributed by atoms with Crippen LogP contribution in [0.4, 0.5) is 0 Å². The number of hydrogen-bond donors (Lipinski definition) is 2. The molecule has 7 heteroatoms. The molecule has 184 valence electrons. The fourth-order valence-corrected chi connectivity index (χ4v) is 4.24. The molecule has 0 bridgehead atoms. The first-order valence-corrected chi connectivity index (χ1v) is 12.2. The number of hydrazone groups is 1. The normalized spacial score (nSPS) is 12.2. The van der Waals surface area contributed by atoms with Gasteiger partial charge in [-0.05, 0) is 48.7 Å². The number of para-hydroxylation sites is 1. The minimum atomic E-state index is -0.743. The van der Waals surface area contributed by atoms with Gasteiger partial charge in [0.2, 0.25) is 0 Å². The summed E-state index contributed by atoms with van der Waals surface area (Å²) in [7, 11) is 0. The van der Waals surface area contributed by atoms with Gasteiger partial charge in [0.05, 0.1) is 6.21 Å². The van der Waals surface area contributed by atoms with Crippen molar-refractivity contribution in [1.82, 2.24) is 15.3 Å². The Hall–Kier alpha value is -3.90. The van der Waals surface area contributed by atoms with Gasteiger partial charge in [0.15, 0.2) is 0 Å². The van der Waals surface area contributed by atoms with Gasteiger partial charge in [-0.25, -0.2) is 5.43 Å². The van der Waals surface area contributed by atoms with Crippen LogP contribution in [-0.4, -0.2) is 28.6 Å². The number of nitrogens with zero attached hydrogens (tertiary/aromatic N) is 2. The maximum atomic E-state index is 12.9. The fourth-order valence-electron chi connectivity index (χ4n) is 4.11.